The van der Waals surface area contributed by atoms with Crippen LogP contribution in [0.5, 0.6) is 0 Å². The molecule has 0 atom stereocenters. The van der Waals surface area contributed by atoms with Gasteiger partial charge < -0.3 is 0 Å². The number of benzene rings is 2. The highest BCUT2D eigenvalue weighted by atomic mass is 19.3. The first-order chi connectivity index (χ1) is 11.4. The van der Waals surface area contributed by atoms with Gasteiger partial charge >= 0.3 is 0 Å². The lowest BCUT2D eigenvalue weighted by Crippen LogP contribution is -2.44. The number of aliphatic imine (C=N–C) groups is 1. The van der Waals surface area contributed by atoms with Crippen molar-refractivity contribution in [3.63, 3.8) is 0 Å². The average molecular weight is 323 g/mol. The molecule has 1 aliphatic heterocycles. The maximum absolute atomic E-state index is 14.8. The predicted octanol–water partition coefficient (Wildman–Crippen LogP) is 4.35. The molecule has 24 heavy (non-hydrogen) atoms. The Morgan fingerprint density at radius 2 is 1.62 bits per heavy atom. The summed E-state index contributed by atoms with van der Waals surface area (Å²) in [6.07, 6.45) is 1.70. The summed E-state index contributed by atoms with van der Waals surface area (Å²) in [4.78, 5) is 13.2. The third-order valence-corrected chi connectivity index (χ3v) is 4.38. The fourth-order valence-electron chi connectivity index (χ4n) is 2.96. The average Bonchev–Trinajstić information content (AvgIpc) is 2.58. The van der Waals surface area contributed by atoms with Crippen LogP contribution in [0.25, 0.3) is 10.9 Å². The quantitative estimate of drug-likeness (QED) is 0.668. The van der Waals surface area contributed by atoms with E-state index in [0.717, 1.165) is 10.9 Å². The van der Waals surface area contributed by atoms with Crippen LogP contribution in [0.3, 0.4) is 0 Å². The van der Waals surface area contributed by atoms with E-state index in [9.17, 15) is 8.78 Å². The van der Waals surface area contributed by atoms with Gasteiger partial charge in [-0.05, 0) is 19.9 Å². The zero-order valence-electron chi connectivity index (χ0n) is 13.3. The van der Waals surface area contributed by atoms with Gasteiger partial charge in [0.25, 0.3) is 5.92 Å². The monoisotopic (exact) mass is 323 g/mol. The summed E-state index contributed by atoms with van der Waals surface area (Å²) in [5.74, 6) is -2.69. The second kappa shape index (κ2) is 4.90. The van der Waals surface area contributed by atoms with Gasteiger partial charge in [-0.15, -0.1) is 0 Å². The summed E-state index contributed by atoms with van der Waals surface area (Å²) in [5, 5.41) is 0.899. The molecule has 0 saturated heterocycles. The lowest BCUT2D eigenvalue weighted by atomic mass is 9.83. The van der Waals surface area contributed by atoms with Crippen LogP contribution >= 0.6 is 0 Å². The van der Waals surface area contributed by atoms with Crippen LogP contribution in [-0.2, 0) is 5.92 Å². The molecule has 0 saturated carbocycles. The van der Waals surface area contributed by atoms with E-state index in [1.807, 2.05) is 24.3 Å². The maximum atomic E-state index is 14.8. The number of hydrogen-bond acceptors (Lipinski definition) is 3. The Morgan fingerprint density at radius 3 is 2.46 bits per heavy atom. The fraction of sp³-hybridized carbons (Fsp3) is 0.211. The third kappa shape index (κ3) is 2.04. The first-order valence-electron chi connectivity index (χ1n) is 7.70. The first kappa shape index (κ1) is 14.9. The summed E-state index contributed by atoms with van der Waals surface area (Å²) in [7, 11) is 0. The molecule has 0 fully saturated rings. The Morgan fingerprint density at radius 1 is 0.917 bits per heavy atom. The van der Waals surface area contributed by atoms with Crippen molar-refractivity contribution in [1.29, 1.82) is 0 Å². The molecule has 4 rings (SSSR count). The summed E-state index contributed by atoms with van der Waals surface area (Å²) >= 11 is 0. The SMILES string of the molecule is CC1(C)N=C(c2ncc3ccccc3n2)c2ccccc2C1(F)F. The number of alkyl halides is 2. The zero-order chi connectivity index (χ0) is 16.9. The molecule has 1 aromatic heterocycles. The van der Waals surface area contributed by atoms with Crippen LogP contribution < -0.4 is 0 Å². The second-order valence-electron chi connectivity index (χ2n) is 6.39. The number of hydrogen-bond donors (Lipinski definition) is 0. The Labute approximate surface area is 138 Å². The van der Waals surface area contributed by atoms with Gasteiger partial charge in [0.2, 0.25) is 0 Å². The minimum Gasteiger partial charge on any atom is -0.268 e. The van der Waals surface area contributed by atoms with E-state index in [0.29, 0.717) is 17.1 Å². The van der Waals surface area contributed by atoms with Gasteiger partial charge in [-0.25, -0.2) is 9.97 Å². The molecule has 0 spiro atoms. The summed E-state index contributed by atoms with van der Waals surface area (Å²) in [5.41, 5.74) is -0.0370. The van der Waals surface area contributed by atoms with Crippen molar-refractivity contribution in [1.82, 2.24) is 9.97 Å². The zero-order valence-corrected chi connectivity index (χ0v) is 13.3. The number of rotatable bonds is 1. The molecule has 5 heteroatoms. The van der Waals surface area contributed by atoms with Crippen molar-refractivity contribution in [2.24, 2.45) is 4.99 Å². The largest absolute Gasteiger partial charge is 0.297 e. The van der Waals surface area contributed by atoms with E-state index >= 15 is 0 Å². The minimum absolute atomic E-state index is 0.0308. The Hall–Kier alpha value is -2.69. The highest BCUT2D eigenvalue weighted by molar-refractivity contribution is 6.13. The van der Waals surface area contributed by atoms with Crippen molar-refractivity contribution in [2.45, 2.75) is 25.3 Å². The summed E-state index contributed by atoms with van der Waals surface area (Å²) < 4.78 is 29.5. The lowest BCUT2D eigenvalue weighted by molar-refractivity contribution is -0.0682. The molecular formula is C19H15F2N3. The first-order valence-corrected chi connectivity index (χ1v) is 7.70. The van der Waals surface area contributed by atoms with Gasteiger partial charge in [0, 0.05) is 22.7 Å². The van der Waals surface area contributed by atoms with E-state index in [-0.39, 0.29) is 5.56 Å². The van der Waals surface area contributed by atoms with Crippen molar-refractivity contribution >= 4 is 16.6 Å². The number of nitrogens with zero attached hydrogens (tertiary/aromatic N) is 3. The molecule has 0 aliphatic carbocycles. The van der Waals surface area contributed by atoms with Crippen molar-refractivity contribution in [3.05, 3.63) is 71.7 Å². The smallest absolute Gasteiger partial charge is 0.268 e. The van der Waals surface area contributed by atoms with E-state index in [1.165, 1.54) is 19.9 Å². The van der Waals surface area contributed by atoms with Crippen LogP contribution in [0, 0.1) is 0 Å². The van der Waals surface area contributed by atoms with Crippen LogP contribution in [-0.4, -0.2) is 21.2 Å². The van der Waals surface area contributed by atoms with Crippen LogP contribution in [0.2, 0.25) is 0 Å². The van der Waals surface area contributed by atoms with Crippen molar-refractivity contribution < 1.29 is 8.78 Å². The van der Waals surface area contributed by atoms with Crippen LogP contribution in [0.15, 0.2) is 59.7 Å². The van der Waals surface area contributed by atoms with Gasteiger partial charge in [0.05, 0.1) is 5.52 Å². The van der Waals surface area contributed by atoms with E-state index in [1.54, 1.807) is 24.4 Å². The highest BCUT2D eigenvalue weighted by Gasteiger charge is 2.52. The van der Waals surface area contributed by atoms with Crippen molar-refractivity contribution in [2.75, 3.05) is 0 Å². The molecule has 0 radical (unpaired) electrons. The van der Waals surface area contributed by atoms with E-state index in [4.69, 9.17) is 0 Å². The van der Waals surface area contributed by atoms with E-state index < -0.39 is 11.5 Å². The molecule has 2 heterocycles. The minimum atomic E-state index is -3.05. The summed E-state index contributed by atoms with van der Waals surface area (Å²) in [6, 6.07) is 14.0. The molecule has 2 aromatic carbocycles. The van der Waals surface area contributed by atoms with Gasteiger partial charge in [-0.1, -0.05) is 42.5 Å². The lowest BCUT2D eigenvalue weighted by Gasteiger charge is -2.36. The number of aromatic nitrogens is 2. The number of fused-ring (bicyclic) bond motifs is 2. The molecule has 1 aliphatic rings. The van der Waals surface area contributed by atoms with Gasteiger partial charge in [0.15, 0.2) is 5.82 Å². The van der Waals surface area contributed by atoms with Crippen molar-refractivity contribution in [3.8, 4) is 0 Å². The molecule has 3 aromatic rings. The van der Waals surface area contributed by atoms with Gasteiger partial charge in [-0.2, -0.15) is 8.78 Å². The van der Waals surface area contributed by atoms with Crippen LogP contribution in [0.1, 0.15) is 30.8 Å². The fourth-order valence-corrected chi connectivity index (χ4v) is 2.96. The summed E-state index contributed by atoms with van der Waals surface area (Å²) in [6.45, 7) is 2.87. The molecular weight excluding hydrogens is 308 g/mol. The Bertz CT molecular complexity index is 977. The normalized spacial score (nSPS) is 18.1. The Kier molecular flexibility index (Phi) is 3.04. The number of halogens is 2. The molecule has 120 valence electrons. The molecule has 3 nitrogen and oxygen atoms in total. The second-order valence-corrected chi connectivity index (χ2v) is 6.39. The molecule has 0 N–H and O–H groups in total. The van der Waals surface area contributed by atoms with Gasteiger partial charge in [0.1, 0.15) is 11.3 Å². The third-order valence-electron chi connectivity index (χ3n) is 4.38. The molecule has 0 amide bonds. The van der Waals surface area contributed by atoms with E-state index in [2.05, 4.69) is 15.0 Å². The molecule has 0 bridgehead atoms. The van der Waals surface area contributed by atoms with Crippen LogP contribution in [0.4, 0.5) is 8.78 Å². The van der Waals surface area contributed by atoms with Gasteiger partial charge in [-0.3, -0.25) is 4.99 Å². The Balaban J connectivity index is 1.98. The maximum Gasteiger partial charge on any atom is 0.297 e. The topological polar surface area (TPSA) is 38.1 Å². The standard InChI is InChI=1S/C19H15F2N3/c1-18(2)19(20,21)14-9-5-4-8-13(14)16(24-18)17-22-11-12-7-3-6-10-15(12)23-17/h3-11H,1-2H3. The number of para-hydroxylation sites is 1. The predicted molar refractivity (Wildman–Crippen MR) is 89.6 cm³/mol. The molecule has 0 unspecified atom stereocenters. The highest BCUT2D eigenvalue weighted by Crippen LogP contribution is 2.46.